The van der Waals surface area contributed by atoms with Crippen molar-refractivity contribution in [1.29, 1.82) is 0 Å². The number of hydrogen-bond donors (Lipinski definition) is 0. The fourth-order valence-corrected chi connectivity index (χ4v) is 2.55. The maximum absolute atomic E-state index is 11.9. The highest BCUT2D eigenvalue weighted by Crippen LogP contribution is 2.22. The van der Waals surface area contributed by atoms with Gasteiger partial charge in [0.05, 0.1) is 4.88 Å². The van der Waals surface area contributed by atoms with E-state index in [4.69, 9.17) is 0 Å². The number of hydrogen-bond acceptors (Lipinski definition) is 2. The van der Waals surface area contributed by atoms with E-state index < -0.39 is 0 Å². The van der Waals surface area contributed by atoms with Crippen molar-refractivity contribution in [3.63, 3.8) is 0 Å². The topological polar surface area (TPSA) is 17.1 Å². The second-order valence-electron chi connectivity index (χ2n) is 3.93. The van der Waals surface area contributed by atoms with E-state index in [0.717, 1.165) is 30.6 Å². The van der Waals surface area contributed by atoms with Gasteiger partial charge in [0.15, 0.2) is 5.78 Å². The van der Waals surface area contributed by atoms with Crippen LogP contribution < -0.4 is 0 Å². The molecule has 0 amide bonds. The Morgan fingerprint density at radius 2 is 1.93 bits per heavy atom. The van der Waals surface area contributed by atoms with Gasteiger partial charge in [-0.15, -0.1) is 11.3 Å². The lowest BCUT2D eigenvalue weighted by atomic mass is 9.96. The van der Waals surface area contributed by atoms with Crippen molar-refractivity contribution < 1.29 is 4.79 Å². The molecule has 1 nitrogen and oxygen atoms in total. The van der Waals surface area contributed by atoms with E-state index in [2.05, 4.69) is 26.8 Å². The third kappa shape index (κ3) is 3.45. The molecule has 0 atom stereocenters. The monoisotopic (exact) mass is 224 g/mol. The summed E-state index contributed by atoms with van der Waals surface area (Å²) in [6, 6.07) is 4.05. The van der Waals surface area contributed by atoms with E-state index >= 15 is 0 Å². The first-order valence-corrected chi connectivity index (χ1v) is 6.64. The Morgan fingerprint density at radius 1 is 1.27 bits per heavy atom. The van der Waals surface area contributed by atoms with Gasteiger partial charge in [-0.3, -0.25) is 4.79 Å². The van der Waals surface area contributed by atoms with Gasteiger partial charge < -0.3 is 0 Å². The van der Waals surface area contributed by atoms with E-state index in [1.54, 1.807) is 11.3 Å². The largest absolute Gasteiger partial charge is 0.293 e. The molecule has 0 unspecified atom stereocenters. The zero-order valence-electron chi connectivity index (χ0n) is 9.88. The Morgan fingerprint density at radius 3 is 2.40 bits per heavy atom. The smallest absolute Gasteiger partial charge is 0.173 e. The summed E-state index contributed by atoms with van der Waals surface area (Å²) in [6.45, 7) is 6.45. The van der Waals surface area contributed by atoms with Gasteiger partial charge in [-0.1, -0.05) is 33.6 Å². The van der Waals surface area contributed by atoms with Crippen LogP contribution in [-0.4, -0.2) is 5.78 Å². The second kappa shape index (κ2) is 6.06. The normalized spacial score (nSPS) is 10.9. The lowest BCUT2D eigenvalue weighted by Crippen LogP contribution is -2.05. The van der Waals surface area contributed by atoms with Crippen LogP contribution in [0, 0.1) is 5.92 Å². The average Bonchev–Trinajstić information content (AvgIpc) is 2.74. The maximum Gasteiger partial charge on any atom is 0.173 e. The molecule has 0 aromatic carbocycles. The van der Waals surface area contributed by atoms with Crippen molar-refractivity contribution in [2.45, 2.75) is 46.5 Å². The summed E-state index contributed by atoms with van der Waals surface area (Å²) < 4.78 is 0. The van der Waals surface area contributed by atoms with Gasteiger partial charge >= 0.3 is 0 Å². The Kier molecular flexibility index (Phi) is 5.03. The van der Waals surface area contributed by atoms with E-state index in [1.165, 1.54) is 4.88 Å². The van der Waals surface area contributed by atoms with Crippen LogP contribution in [0.3, 0.4) is 0 Å². The first kappa shape index (κ1) is 12.4. The first-order chi connectivity index (χ1) is 7.21. The van der Waals surface area contributed by atoms with Gasteiger partial charge in [-0.05, 0) is 24.5 Å². The summed E-state index contributed by atoms with van der Waals surface area (Å²) in [5.74, 6) is 0.887. The van der Waals surface area contributed by atoms with Crippen LogP contribution in [0.15, 0.2) is 12.1 Å². The minimum atomic E-state index is 0.327. The molecule has 0 N–H and O–H groups in total. The van der Waals surface area contributed by atoms with E-state index in [1.807, 2.05) is 6.07 Å². The number of rotatable bonds is 6. The van der Waals surface area contributed by atoms with Crippen LogP contribution in [-0.2, 0) is 6.42 Å². The molecule has 0 aliphatic rings. The minimum Gasteiger partial charge on any atom is -0.293 e. The van der Waals surface area contributed by atoms with Gasteiger partial charge in [-0.2, -0.15) is 0 Å². The Balaban J connectivity index is 2.60. The lowest BCUT2D eigenvalue weighted by Gasteiger charge is -2.09. The van der Waals surface area contributed by atoms with E-state index in [-0.39, 0.29) is 0 Å². The standard InChI is InChI=1S/C13H20OS/c1-4-10(5-2)9-12(14)13-8-7-11(6-3)15-13/h7-8,10H,4-6,9H2,1-3H3. The molecule has 1 heterocycles. The summed E-state index contributed by atoms with van der Waals surface area (Å²) in [4.78, 5) is 14.2. The molecule has 0 radical (unpaired) electrons. The summed E-state index contributed by atoms with van der Waals surface area (Å²) in [5, 5.41) is 0. The Hall–Kier alpha value is -0.630. The molecule has 15 heavy (non-hydrogen) atoms. The molecule has 0 saturated heterocycles. The zero-order valence-corrected chi connectivity index (χ0v) is 10.7. The highest BCUT2D eigenvalue weighted by atomic mass is 32.1. The second-order valence-corrected chi connectivity index (χ2v) is 5.10. The molecule has 1 aromatic heterocycles. The highest BCUT2D eigenvalue weighted by Gasteiger charge is 2.13. The van der Waals surface area contributed by atoms with Crippen LogP contribution in [0.5, 0.6) is 0 Å². The van der Waals surface area contributed by atoms with Crippen LogP contribution in [0.4, 0.5) is 0 Å². The number of Topliss-reactive ketones (excluding diaryl/α,β-unsaturated/α-hetero) is 1. The molecule has 1 aromatic rings. The minimum absolute atomic E-state index is 0.327. The zero-order chi connectivity index (χ0) is 11.3. The van der Waals surface area contributed by atoms with Crippen molar-refractivity contribution in [3.8, 4) is 0 Å². The fourth-order valence-electron chi connectivity index (χ4n) is 1.66. The molecule has 0 spiro atoms. The molecule has 0 bridgehead atoms. The van der Waals surface area contributed by atoms with E-state index in [9.17, 15) is 4.79 Å². The molecule has 0 saturated carbocycles. The van der Waals surface area contributed by atoms with Crippen molar-refractivity contribution >= 4 is 17.1 Å². The van der Waals surface area contributed by atoms with Crippen molar-refractivity contribution in [1.82, 2.24) is 0 Å². The summed E-state index contributed by atoms with van der Waals surface area (Å²) in [6.07, 6.45) is 3.96. The third-order valence-corrected chi connectivity index (χ3v) is 4.18. The number of carbonyl (C=O) groups is 1. The van der Waals surface area contributed by atoms with Crippen molar-refractivity contribution in [3.05, 3.63) is 21.9 Å². The molecule has 0 fully saturated rings. The Labute approximate surface area is 96.5 Å². The van der Waals surface area contributed by atoms with Gasteiger partial charge in [0.2, 0.25) is 0 Å². The summed E-state index contributed by atoms with van der Waals surface area (Å²) in [5.41, 5.74) is 0. The van der Waals surface area contributed by atoms with Gasteiger partial charge in [0, 0.05) is 11.3 Å². The predicted molar refractivity (Wildman–Crippen MR) is 66.7 cm³/mol. The Bertz CT molecular complexity index is 310. The lowest BCUT2D eigenvalue weighted by molar-refractivity contribution is 0.0962. The SMILES string of the molecule is CCc1ccc(C(=O)CC(CC)CC)s1. The van der Waals surface area contributed by atoms with Crippen molar-refractivity contribution in [2.75, 3.05) is 0 Å². The molecule has 0 aliphatic heterocycles. The third-order valence-electron chi connectivity index (χ3n) is 2.91. The number of aryl methyl sites for hydroxylation is 1. The average molecular weight is 224 g/mol. The fraction of sp³-hybridized carbons (Fsp3) is 0.615. The first-order valence-electron chi connectivity index (χ1n) is 5.83. The van der Waals surface area contributed by atoms with Gasteiger partial charge in [-0.25, -0.2) is 0 Å². The summed E-state index contributed by atoms with van der Waals surface area (Å²) in [7, 11) is 0. The molecule has 1 rings (SSSR count). The van der Waals surface area contributed by atoms with Crippen molar-refractivity contribution in [2.24, 2.45) is 5.92 Å². The maximum atomic E-state index is 11.9. The molecular formula is C13H20OS. The van der Waals surface area contributed by atoms with Gasteiger partial charge in [0.25, 0.3) is 0 Å². The number of ketones is 1. The summed E-state index contributed by atoms with van der Waals surface area (Å²) >= 11 is 1.65. The predicted octanol–water partition coefficient (Wildman–Crippen LogP) is 4.32. The van der Waals surface area contributed by atoms with Gasteiger partial charge in [0.1, 0.15) is 0 Å². The number of carbonyl (C=O) groups excluding carboxylic acids is 1. The highest BCUT2D eigenvalue weighted by molar-refractivity contribution is 7.14. The quantitative estimate of drug-likeness (QED) is 0.658. The molecule has 84 valence electrons. The van der Waals surface area contributed by atoms with Crippen LogP contribution in [0.25, 0.3) is 0 Å². The van der Waals surface area contributed by atoms with Crippen LogP contribution in [0.2, 0.25) is 0 Å². The van der Waals surface area contributed by atoms with E-state index in [0.29, 0.717) is 11.7 Å². The van der Waals surface area contributed by atoms with Crippen LogP contribution >= 0.6 is 11.3 Å². The molecular weight excluding hydrogens is 204 g/mol. The number of thiophene rings is 1. The molecule has 2 heteroatoms. The van der Waals surface area contributed by atoms with Crippen LogP contribution in [0.1, 0.15) is 54.6 Å². The molecule has 0 aliphatic carbocycles.